The second kappa shape index (κ2) is 70.1. The van der Waals surface area contributed by atoms with E-state index in [1.54, 1.807) is 0 Å². The third-order valence-electron chi connectivity index (χ3n) is 14.3. The monoisotopic (exact) mass is 1040 g/mol. The van der Waals surface area contributed by atoms with E-state index in [-0.39, 0.29) is 19.2 Å². The zero-order chi connectivity index (χ0) is 54.0. The summed E-state index contributed by atoms with van der Waals surface area (Å²) < 4.78 is 4.88. The van der Waals surface area contributed by atoms with Gasteiger partial charge in [0.2, 0.25) is 0 Å². The highest BCUT2D eigenvalue weighted by atomic mass is 16.5. The number of unbranched alkanes of at least 4 members (excludes halogenated alkanes) is 47. The molecular formula is C65H128O8. The van der Waals surface area contributed by atoms with Crippen molar-refractivity contribution < 1.29 is 39.5 Å². The molecule has 0 spiro atoms. The van der Waals surface area contributed by atoms with E-state index >= 15 is 0 Å². The van der Waals surface area contributed by atoms with Crippen LogP contribution in [-0.4, -0.2) is 57.7 Å². The van der Waals surface area contributed by atoms with Crippen LogP contribution in [0.2, 0.25) is 0 Å². The van der Waals surface area contributed by atoms with E-state index in [0.717, 1.165) is 38.5 Å². The van der Waals surface area contributed by atoms with E-state index in [1.807, 2.05) is 0 Å². The number of aliphatic hydroxyl groups is 2. The van der Waals surface area contributed by atoms with Crippen LogP contribution < -0.4 is 0 Å². The van der Waals surface area contributed by atoms with Crippen molar-refractivity contribution in [1.82, 2.24) is 0 Å². The average molecular weight is 1040 g/mol. The highest BCUT2D eigenvalue weighted by Gasteiger charge is 2.07. The lowest BCUT2D eigenvalue weighted by Crippen LogP contribution is -2.21. The molecule has 0 amide bonds. The van der Waals surface area contributed by atoms with Gasteiger partial charge in [-0.05, 0) is 44.9 Å². The molecule has 0 aliphatic heterocycles. The Balaban J connectivity index is -0.00000102. The molecule has 0 bridgehead atoms. The summed E-state index contributed by atoms with van der Waals surface area (Å²) >= 11 is 0. The van der Waals surface area contributed by atoms with Crippen LogP contribution in [0.5, 0.6) is 0 Å². The van der Waals surface area contributed by atoms with Crippen LogP contribution in [0.3, 0.4) is 0 Å². The molecule has 0 radical (unpaired) electrons. The van der Waals surface area contributed by atoms with Gasteiger partial charge in [0, 0.05) is 19.3 Å². The lowest BCUT2D eigenvalue weighted by molar-refractivity contribution is -0.147. The SMILES string of the molecule is CCCCCCCCC=CCCCCCCCC(=O)O.CCCCCCCCCCCCCCCCCCCCCC(=O)O.CCCCCCCCCCCCCCCCCCCCCC(=O)OCC(O)CO. The summed E-state index contributed by atoms with van der Waals surface area (Å²) in [7, 11) is 0. The number of aliphatic carboxylic acids is 2. The maximum Gasteiger partial charge on any atom is 0.305 e. The quantitative estimate of drug-likeness (QED) is 0.0268. The number of hydrogen-bond acceptors (Lipinski definition) is 6. The number of allylic oxidation sites excluding steroid dienone is 2. The van der Waals surface area contributed by atoms with Gasteiger partial charge in [-0.3, -0.25) is 14.4 Å². The largest absolute Gasteiger partial charge is 0.481 e. The Bertz CT molecular complexity index is 1080. The molecule has 0 aliphatic rings. The molecule has 0 aliphatic carbocycles. The number of ether oxygens (including phenoxy) is 1. The molecule has 73 heavy (non-hydrogen) atoms. The molecule has 4 N–H and O–H groups in total. The summed E-state index contributed by atoms with van der Waals surface area (Å²) in [6.07, 6.45) is 72.2. The van der Waals surface area contributed by atoms with E-state index < -0.39 is 18.0 Å². The molecule has 0 fully saturated rings. The van der Waals surface area contributed by atoms with Crippen molar-refractivity contribution in [2.45, 2.75) is 374 Å². The van der Waals surface area contributed by atoms with Gasteiger partial charge >= 0.3 is 17.9 Å². The number of carboxylic acids is 2. The number of carboxylic acid groups (broad SMARTS) is 2. The zero-order valence-electron chi connectivity index (χ0n) is 49.3. The first-order chi connectivity index (χ1) is 35.7. The van der Waals surface area contributed by atoms with Crippen LogP contribution in [-0.2, 0) is 19.1 Å². The molecule has 8 nitrogen and oxygen atoms in total. The summed E-state index contributed by atoms with van der Waals surface area (Å²) in [5.74, 6) is -1.59. The number of esters is 1. The first-order valence-electron chi connectivity index (χ1n) is 32.3. The summed E-state index contributed by atoms with van der Waals surface area (Å²) in [5, 5.41) is 34.8. The highest BCUT2D eigenvalue weighted by molar-refractivity contribution is 5.69. The predicted molar refractivity (Wildman–Crippen MR) is 315 cm³/mol. The molecular weight excluding hydrogens is 909 g/mol. The molecule has 0 aromatic carbocycles. The van der Waals surface area contributed by atoms with Gasteiger partial charge in [-0.2, -0.15) is 0 Å². The molecule has 1 unspecified atom stereocenters. The maximum absolute atomic E-state index is 11.4. The fourth-order valence-electron chi connectivity index (χ4n) is 9.36. The van der Waals surface area contributed by atoms with E-state index in [9.17, 15) is 14.4 Å². The van der Waals surface area contributed by atoms with Crippen molar-refractivity contribution in [2.75, 3.05) is 13.2 Å². The Labute approximate surface area is 454 Å². The highest BCUT2D eigenvalue weighted by Crippen LogP contribution is 2.17. The van der Waals surface area contributed by atoms with Gasteiger partial charge in [0.25, 0.3) is 0 Å². The van der Waals surface area contributed by atoms with Gasteiger partial charge in [0.15, 0.2) is 0 Å². The van der Waals surface area contributed by atoms with Crippen LogP contribution in [0, 0.1) is 0 Å². The van der Waals surface area contributed by atoms with Gasteiger partial charge in [0.1, 0.15) is 12.7 Å². The Morgan fingerprint density at radius 3 is 0.753 bits per heavy atom. The molecule has 0 aromatic rings. The first kappa shape index (κ1) is 75.3. The number of carbonyl (C=O) groups excluding carboxylic acids is 1. The Morgan fingerprint density at radius 1 is 0.329 bits per heavy atom. The molecule has 1 atom stereocenters. The number of aliphatic hydroxyl groups excluding tert-OH is 2. The van der Waals surface area contributed by atoms with Crippen molar-refractivity contribution >= 4 is 17.9 Å². The van der Waals surface area contributed by atoms with Crippen molar-refractivity contribution in [2.24, 2.45) is 0 Å². The van der Waals surface area contributed by atoms with Gasteiger partial charge in [0.05, 0.1) is 6.61 Å². The third-order valence-corrected chi connectivity index (χ3v) is 14.3. The molecule has 8 heteroatoms. The molecule has 0 saturated heterocycles. The first-order valence-corrected chi connectivity index (χ1v) is 32.3. The van der Waals surface area contributed by atoms with E-state index in [4.69, 9.17) is 25.2 Å². The van der Waals surface area contributed by atoms with Crippen LogP contribution in [0.25, 0.3) is 0 Å². The van der Waals surface area contributed by atoms with Crippen molar-refractivity contribution in [3.05, 3.63) is 12.2 Å². The topological polar surface area (TPSA) is 141 Å². The van der Waals surface area contributed by atoms with Crippen molar-refractivity contribution in [1.29, 1.82) is 0 Å². The van der Waals surface area contributed by atoms with Gasteiger partial charge in [-0.25, -0.2) is 0 Å². The average Bonchev–Trinajstić information content (AvgIpc) is 3.38. The molecule has 0 aromatic heterocycles. The minimum absolute atomic E-state index is 0.103. The molecule has 436 valence electrons. The lowest BCUT2D eigenvalue weighted by Gasteiger charge is -2.08. The van der Waals surface area contributed by atoms with Crippen LogP contribution in [0.1, 0.15) is 367 Å². The van der Waals surface area contributed by atoms with Crippen LogP contribution >= 0.6 is 0 Å². The fraction of sp³-hybridized carbons (Fsp3) is 0.923. The van der Waals surface area contributed by atoms with Gasteiger partial charge < -0.3 is 25.2 Å². The second-order valence-corrected chi connectivity index (χ2v) is 21.9. The lowest BCUT2D eigenvalue weighted by atomic mass is 10.0. The van der Waals surface area contributed by atoms with E-state index in [2.05, 4.69) is 32.9 Å². The summed E-state index contributed by atoms with van der Waals surface area (Å²) in [6, 6.07) is 0. The summed E-state index contributed by atoms with van der Waals surface area (Å²) in [5.41, 5.74) is 0. The van der Waals surface area contributed by atoms with Gasteiger partial charge in [-0.15, -0.1) is 0 Å². The van der Waals surface area contributed by atoms with Crippen LogP contribution in [0.15, 0.2) is 12.2 Å². The smallest absolute Gasteiger partial charge is 0.305 e. The van der Waals surface area contributed by atoms with E-state index in [1.165, 1.54) is 289 Å². The zero-order valence-corrected chi connectivity index (χ0v) is 49.3. The second-order valence-electron chi connectivity index (χ2n) is 21.9. The Hall–Kier alpha value is -1.93. The summed E-state index contributed by atoms with van der Waals surface area (Å²) in [6.45, 7) is 6.35. The van der Waals surface area contributed by atoms with Crippen LogP contribution in [0.4, 0.5) is 0 Å². The minimum atomic E-state index is -0.955. The van der Waals surface area contributed by atoms with Crippen molar-refractivity contribution in [3.8, 4) is 0 Å². The minimum Gasteiger partial charge on any atom is -0.481 e. The molecule has 0 rings (SSSR count). The number of carbonyl (C=O) groups is 3. The normalized spacial score (nSPS) is 11.6. The fourth-order valence-corrected chi connectivity index (χ4v) is 9.36. The van der Waals surface area contributed by atoms with Crippen molar-refractivity contribution in [3.63, 3.8) is 0 Å². The van der Waals surface area contributed by atoms with E-state index in [0.29, 0.717) is 19.3 Å². The molecule has 0 saturated carbocycles. The molecule has 0 heterocycles. The number of hydrogen-bond donors (Lipinski definition) is 4. The Morgan fingerprint density at radius 2 is 0.534 bits per heavy atom. The Kier molecular flexibility index (Phi) is 72.3. The standard InChI is InChI=1S/C25H50O4.C22H44O2.C18H34O2/c1-2-3-4-5-6-7-8-9-10-11-12-13-14-15-16-17-18-19-20-21-25(28)29-23-24(27)22-26;1-2-3-4-5-6-7-8-9-10-11-12-13-14-15-16-17-18-19-20-21-22(23)24;1-2-3-4-5-6-7-8-9-10-11-12-13-14-15-16-17-18(19)20/h24,26-27H,2-23H2,1H3;2-21H2,1H3,(H,23,24);9-10H,2-8,11-17H2,1H3,(H,19,20). The maximum atomic E-state index is 11.4. The third kappa shape index (κ3) is 79.1. The summed E-state index contributed by atoms with van der Waals surface area (Å²) in [4.78, 5) is 32.1. The number of rotatable bonds is 58. The van der Waals surface area contributed by atoms with Gasteiger partial charge in [-0.1, -0.05) is 315 Å². The predicted octanol–water partition coefficient (Wildman–Crippen LogP) is 20.7.